The van der Waals surface area contributed by atoms with Gasteiger partial charge in [0.15, 0.2) is 0 Å². The molecule has 0 aromatic heterocycles. The number of halogens is 1. The molecule has 1 saturated heterocycles. The number of benzene rings is 1. The highest BCUT2D eigenvalue weighted by Crippen LogP contribution is 2.28. The molecule has 2 aliphatic rings. The number of hydrogen-bond acceptors (Lipinski definition) is 2. The maximum absolute atomic E-state index is 12.5. The molecule has 0 bridgehead atoms. The molecule has 1 fully saturated rings. The fourth-order valence-corrected chi connectivity index (χ4v) is 3.32. The standard InChI is InChI=1S/C15H18BrNO2/c1-10-4-6-17(9-13(10)16)15(18)12-2-3-14-11(8-12)5-7-19-14/h2-3,8,10,13H,4-7,9H2,1H3. The Balaban J connectivity index is 1.77. The molecule has 2 unspecified atom stereocenters. The normalized spacial score (nSPS) is 25.9. The van der Waals surface area contributed by atoms with Gasteiger partial charge in [0.25, 0.3) is 5.91 Å². The highest BCUT2D eigenvalue weighted by Gasteiger charge is 2.28. The van der Waals surface area contributed by atoms with E-state index in [1.165, 1.54) is 0 Å². The van der Waals surface area contributed by atoms with Gasteiger partial charge in [-0.15, -0.1) is 0 Å². The Labute approximate surface area is 122 Å². The largest absolute Gasteiger partial charge is 0.493 e. The van der Waals surface area contributed by atoms with Crippen LogP contribution in [0.5, 0.6) is 5.75 Å². The minimum Gasteiger partial charge on any atom is -0.493 e. The van der Waals surface area contributed by atoms with Gasteiger partial charge in [-0.05, 0) is 36.1 Å². The molecule has 1 aromatic rings. The molecule has 102 valence electrons. The summed E-state index contributed by atoms with van der Waals surface area (Å²) in [5.41, 5.74) is 1.95. The summed E-state index contributed by atoms with van der Waals surface area (Å²) in [4.78, 5) is 14.9. The zero-order chi connectivity index (χ0) is 13.4. The fraction of sp³-hybridized carbons (Fsp3) is 0.533. The Morgan fingerprint density at radius 2 is 2.32 bits per heavy atom. The average molecular weight is 324 g/mol. The highest BCUT2D eigenvalue weighted by atomic mass is 79.9. The molecule has 2 atom stereocenters. The topological polar surface area (TPSA) is 29.5 Å². The quantitative estimate of drug-likeness (QED) is 0.744. The van der Waals surface area contributed by atoms with Gasteiger partial charge < -0.3 is 9.64 Å². The Morgan fingerprint density at radius 3 is 3.11 bits per heavy atom. The molecule has 19 heavy (non-hydrogen) atoms. The van der Waals surface area contributed by atoms with Crippen LogP contribution in [0, 0.1) is 5.92 Å². The van der Waals surface area contributed by atoms with E-state index in [0.717, 1.165) is 49.4 Å². The van der Waals surface area contributed by atoms with Crippen molar-refractivity contribution in [2.45, 2.75) is 24.6 Å². The van der Waals surface area contributed by atoms with Gasteiger partial charge in [0.05, 0.1) is 6.61 Å². The number of amides is 1. The number of carbonyl (C=O) groups excluding carboxylic acids is 1. The monoisotopic (exact) mass is 323 g/mol. The molecule has 2 heterocycles. The van der Waals surface area contributed by atoms with Gasteiger partial charge in [-0.1, -0.05) is 22.9 Å². The number of carbonyl (C=O) groups is 1. The predicted octanol–water partition coefficient (Wildman–Crippen LogP) is 2.87. The zero-order valence-electron chi connectivity index (χ0n) is 11.1. The molecule has 0 saturated carbocycles. The number of ether oxygens (including phenoxy) is 1. The van der Waals surface area contributed by atoms with Crippen LogP contribution in [0.4, 0.5) is 0 Å². The fourth-order valence-electron chi connectivity index (χ4n) is 2.71. The summed E-state index contributed by atoms with van der Waals surface area (Å²) >= 11 is 3.67. The van der Waals surface area contributed by atoms with Crippen LogP contribution in [0.15, 0.2) is 18.2 Å². The lowest BCUT2D eigenvalue weighted by Gasteiger charge is -2.34. The van der Waals surface area contributed by atoms with E-state index in [9.17, 15) is 4.79 Å². The van der Waals surface area contributed by atoms with Gasteiger partial charge in [-0.25, -0.2) is 0 Å². The second-order valence-electron chi connectivity index (χ2n) is 5.45. The summed E-state index contributed by atoms with van der Waals surface area (Å²) in [7, 11) is 0. The number of alkyl halides is 1. The molecular weight excluding hydrogens is 306 g/mol. The number of fused-ring (bicyclic) bond motifs is 1. The first-order valence-electron chi connectivity index (χ1n) is 6.84. The lowest BCUT2D eigenvalue weighted by Crippen LogP contribution is -2.43. The maximum Gasteiger partial charge on any atom is 0.253 e. The zero-order valence-corrected chi connectivity index (χ0v) is 12.6. The number of piperidine rings is 1. The van der Waals surface area contributed by atoms with E-state index in [1.807, 2.05) is 23.1 Å². The third-order valence-corrected chi connectivity index (χ3v) is 5.28. The summed E-state index contributed by atoms with van der Waals surface area (Å²) in [5.74, 6) is 1.71. The first-order valence-corrected chi connectivity index (χ1v) is 7.76. The summed E-state index contributed by atoms with van der Waals surface area (Å²) in [6.45, 7) is 4.62. The van der Waals surface area contributed by atoms with Gasteiger partial charge in [-0.2, -0.15) is 0 Å². The average Bonchev–Trinajstić information content (AvgIpc) is 2.88. The molecule has 3 nitrogen and oxygen atoms in total. The number of nitrogens with zero attached hydrogens (tertiary/aromatic N) is 1. The number of likely N-dealkylation sites (tertiary alicyclic amines) is 1. The molecule has 3 rings (SSSR count). The van der Waals surface area contributed by atoms with Crippen LogP contribution >= 0.6 is 15.9 Å². The Bertz CT molecular complexity index is 503. The molecule has 1 amide bonds. The second kappa shape index (κ2) is 5.16. The van der Waals surface area contributed by atoms with Gasteiger partial charge in [0.1, 0.15) is 5.75 Å². The van der Waals surface area contributed by atoms with E-state index in [0.29, 0.717) is 10.7 Å². The smallest absolute Gasteiger partial charge is 0.253 e. The van der Waals surface area contributed by atoms with Crippen LogP contribution in [0.25, 0.3) is 0 Å². The van der Waals surface area contributed by atoms with E-state index in [4.69, 9.17) is 4.74 Å². The van der Waals surface area contributed by atoms with E-state index >= 15 is 0 Å². The van der Waals surface area contributed by atoms with Crippen LogP contribution in [-0.2, 0) is 6.42 Å². The van der Waals surface area contributed by atoms with Crippen molar-refractivity contribution in [2.75, 3.05) is 19.7 Å². The molecule has 0 spiro atoms. The third kappa shape index (κ3) is 2.50. The predicted molar refractivity (Wildman–Crippen MR) is 78.0 cm³/mol. The lowest BCUT2D eigenvalue weighted by atomic mass is 9.98. The molecule has 4 heteroatoms. The van der Waals surface area contributed by atoms with Gasteiger partial charge in [0.2, 0.25) is 0 Å². The summed E-state index contributed by atoms with van der Waals surface area (Å²) < 4.78 is 5.48. The summed E-state index contributed by atoms with van der Waals surface area (Å²) in [6, 6.07) is 5.80. The van der Waals surface area contributed by atoms with Crippen molar-refractivity contribution in [1.82, 2.24) is 4.90 Å². The van der Waals surface area contributed by atoms with Gasteiger partial charge in [-0.3, -0.25) is 4.79 Å². The Morgan fingerprint density at radius 1 is 1.47 bits per heavy atom. The van der Waals surface area contributed by atoms with Crippen molar-refractivity contribution in [3.63, 3.8) is 0 Å². The Hall–Kier alpha value is -1.03. The molecule has 2 aliphatic heterocycles. The first-order chi connectivity index (χ1) is 9.15. The van der Waals surface area contributed by atoms with E-state index in [1.54, 1.807) is 0 Å². The van der Waals surface area contributed by atoms with Crippen LogP contribution in [0.1, 0.15) is 29.3 Å². The molecule has 1 aromatic carbocycles. The third-order valence-electron chi connectivity index (χ3n) is 4.09. The highest BCUT2D eigenvalue weighted by molar-refractivity contribution is 9.09. The van der Waals surface area contributed by atoms with Crippen LogP contribution in [-0.4, -0.2) is 35.3 Å². The van der Waals surface area contributed by atoms with Crippen molar-refractivity contribution in [3.8, 4) is 5.75 Å². The summed E-state index contributed by atoms with van der Waals surface area (Å²) in [5, 5.41) is 0. The minimum atomic E-state index is 0.144. The van der Waals surface area contributed by atoms with Gasteiger partial charge >= 0.3 is 0 Å². The number of rotatable bonds is 1. The van der Waals surface area contributed by atoms with Crippen molar-refractivity contribution in [2.24, 2.45) is 5.92 Å². The van der Waals surface area contributed by atoms with Crippen molar-refractivity contribution < 1.29 is 9.53 Å². The molecule has 0 aliphatic carbocycles. The maximum atomic E-state index is 12.5. The van der Waals surface area contributed by atoms with Crippen molar-refractivity contribution >= 4 is 21.8 Å². The van der Waals surface area contributed by atoms with Crippen molar-refractivity contribution in [3.05, 3.63) is 29.3 Å². The second-order valence-corrected chi connectivity index (χ2v) is 6.63. The SMILES string of the molecule is CC1CCN(C(=O)c2ccc3c(c2)CCO3)CC1Br. The molecular formula is C15H18BrNO2. The van der Waals surface area contributed by atoms with E-state index in [-0.39, 0.29) is 5.91 Å². The van der Waals surface area contributed by atoms with Crippen molar-refractivity contribution in [1.29, 1.82) is 0 Å². The summed E-state index contributed by atoms with van der Waals surface area (Å²) in [6.07, 6.45) is 1.98. The molecule has 0 radical (unpaired) electrons. The Kier molecular flexibility index (Phi) is 3.52. The lowest BCUT2D eigenvalue weighted by molar-refractivity contribution is 0.0706. The van der Waals surface area contributed by atoms with E-state index < -0.39 is 0 Å². The number of hydrogen-bond donors (Lipinski definition) is 0. The van der Waals surface area contributed by atoms with Gasteiger partial charge in [0, 0.05) is 29.9 Å². The van der Waals surface area contributed by atoms with E-state index in [2.05, 4.69) is 22.9 Å². The molecule has 0 N–H and O–H groups in total. The van der Waals surface area contributed by atoms with Crippen LogP contribution in [0.2, 0.25) is 0 Å². The van der Waals surface area contributed by atoms with Crippen LogP contribution in [0.3, 0.4) is 0 Å². The first kappa shape index (κ1) is 13.0. The minimum absolute atomic E-state index is 0.144. The van der Waals surface area contributed by atoms with Crippen LogP contribution < -0.4 is 4.74 Å².